The Balaban J connectivity index is 2.04. The lowest BCUT2D eigenvalue weighted by Gasteiger charge is -2.14. The number of likely N-dealkylation sites (tertiary alicyclic amines) is 1. The van der Waals surface area contributed by atoms with Gasteiger partial charge in [-0.2, -0.15) is 0 Å². The Labute approximate surface area is 102 Å². The van der Waals surface area contributed by atoms with Crippen molar-refractivity contribution in [1.82, 2.24) is 4.90 Å². The van der Waals surface area contributed by atoms with E-state index < -0.39 is 12.2 Å². The summed E-state index contributed by atoms with van der Waals surface area (Å²) in [5.74, 6) is -0.287. The standard InChI is InChI=1S/C11H13BrFNO2/c12-8-1-7(2-9(13)3-8)4-14-5-10(15)11(16)6-14/h1-3,10-11,15-16H,4-6H2/t10-,11+. The molecule has 0 spiro atoms. The second-order valence-electron chi connectivity index (χ2n) is 4.11. The van der Waals surface area contributed by atoms with Crippen LogP contribution in [0.25, 0.3) is 0 Å². The number of aliphatic hydroxyl groups excluding tert-OH is 2. The zero-order valence-corrected chi connectivity index (χ0v) is 10.2. The Morgan fingerprint density at radius 1 is 1.25 bits per heavy atom. The van der Waals surface area contributed by atoms with E-state index in [0.29, 0.717) is 24.1 Å². The first-order chi connectivity index (χ1) is 7.54. The molecule has 1 saturated heterocycles. The molecule has 5 heteroatoms. The van der Waals surface area contributed by atoms with Crippen molar-refractivity contribution < 1.29 is 14.6 Å². The first-order valence-electron chi connectivity index (χ1n) is 5.08. The summed E-state index contributed by atoms with van der Waals surface area (Å²) in [5.41, 5.74) is 0.827. The number of halogens is 2. The van der Waals surface area contributed by atoms with Crippen molar-refractivity contribution in [3.05, 3.63) is 34.1 Å². The molecule has 2 atom stereocenters. The molecule has 0 radical (unpaired) electrons. The fourth-order valence-electron chi connectivity index (χ4n) is 1.94. The van der Waals surface area contributed by atoms with Gasteiger partial charge >= 0.3 is 0 Å². The van der Waals surface area contributed by atoms with Crippen LogP contribution in [-0.2, 0) is 6.54 Å². The summed E-state index contributed by atoms with van der Waals surface area (Å²) in [7, 11) is 0. The van der Waals surface area contributed by atoms with Crippen molar-refractivity contribution in [3.63, 3.8) is 0 Å². The van der Waals surface area contributed by atoms with Crippen LogP contribution in [0, 0.1) is 5.82 Å². The Morgan fingerprint density at radius 2 is 1.88 bits per heavy atom. The molecule has 0 saturated carbocycles. The highest BCUT2D eigenvalue weighted by Gasteiger charge is 2.29. The summed E-state index contributed by atoms with van der Waals surface area (Å²) >= 11 is 3.23. The molecule has 1 fully saturated rings. The SMILES string of the molecule is O[C@@H]1CN(Cc2cc(F)cc(Br)c2)C[C@@H]1O. The van der Waals surface area contributed by atoms with Gasteiger partial charge in [-0.25, -0.2) is 4.39 Å². The van der Waals surface area contributed by atoms with Crippen LogP contribution in [0.5, 0.6) is 0 Å². The van der Waals surface area contributed by atoms with Crippen LogP contribution in [0.3, 0.4) is 0 Å². The van der Waals surface area contributed by atoms with Crippen LogP contribution >= 0.6 is 15.9 Å². The van der Waals surface area contributed by atoms with Gasteiger partial charge < -0.3 is 10.2 Å². The molecule has 2 rings (SSSR count). The summed E-state index contributed by atoms with van der Waals surface area (Å²) in [6.45, 7) is 1.38. The average molecular weight is 290 g/mol. The minimum Gasteiger partial charge on any atom is -0.389 e. The molecule has 3 nitrogen and oxygen atoms in total. The van der Waals surface area contributed by atoms with E-state index in [0.717, 1.165) is 5.56 Å². The first-order valence-corrected chi connectivity index (χ1v) is 5.87. The second kappa shape index (κ2) is 4.79. The van der Waals surface area contributed by atoms with Crippen molar-refractivity contribution in [3.8, 4) is 0 Å². The summed E-state index contributed by atoms with van der Waals surface area (Å²) in [6.07, 6.45) is -1.39. The topological polar surface area (TPSA) is 43.7 Å². The fraction of sp³-hybridized carbons (Fsp3) is 0.455. The highest BCUT2D eigenvalue weighted by Crippen LogP contribution is 2.18. The second-order valence-corrected chi connectivity index (χ2v) is 5.02. The molecular formula is C11H13BrFNO2. The fourth-order valence-corrected chi connectivity index (χ4v) is 2.45. The van der Waals surface area contributed by atoms with Crippen LogP contribution < -0.4 is 0 Å². The monoisotopic (exact) mass is 289 g/mol. The maximum Gasteiger partial charge on any atom is 0.124 e. The van der Waals surface area contributed by atoms with E-state index in [-0.39, 0.29) is 5.82 Å². The minimum atomic E-state index is -0.697. The maximum absolute atomic E-state index is 13.1. The third-order valence-electron chi connectivity index (χ3n) is 2.66. The number of rotatable bonds is 2. The zero-order chi connectivity index (χ0) is 11.7. The molecule has 0 amide bonds. The summed E-state index contributed by atoms with van der Waals surface area (Å²) in [4.78, 5) is 1.90. The third-order valence-corrected chi connectivity index (χ3v) is 3.12. The van der Waals surface area contributed by atoms with Crippen molar-refractivity contribution in [2.75, 3.05) is 13.1 Å². The molecule has 0 aliphatic carbocycles. The number of aliphatic hydroxyl groups is 2. The summed E-state index contributed by atoms with van der Waals surface area (Å²) in [6, 6.07) is 4.69. The normalized spacial score (nSPS) is 26.2. The lowest BCUT2D eigenvalue weighted by Crippen LogP contribution is -2.22. The Kier molecular flexibility index (Phi) is 3.59. The number of benzene rings is 1. The molecule has 88 valence electrons. The predicted molar refractivity (Wildman–Crippen MR) is 61.4 cm³/mol. The van der Waals surface area contributed by atoms with E-state index in [1.54, 1.807) is 0 Å². The Bertz CT molecular complexity index is 358. The van der Waals surface area contributed by atoms with Gasteiger partial charge in [0.1, 0.15) is 5.82 Å². The average Bonchev–Trinajstić information content (AvgIpc) is 2.43. The van der Waals surface area contributed by atoms with Crippen LogP contribution in [-0.4, -0.2) is 40.4 Å². The van der Waals surface area contributed by atoms with Crippen LogP contribution in [0.15, 0.2) is 22.7 Å². The van der Waals surface area contributed by atoms with E-state index in [4.69, 9.17) is 0 Å². The van der Waals surface area contributed by atoms with E-state index >= 15 is 0 Å². The van der Waals surface area contributed by atoms with Gasteiger partial charge in [0.05, 0.1) is 12.2 Å². The molecule has 0 aromatic heterocycles. The molecule has 1 aliphatic heterocycles. The highest BCUT2D eigenvalue weighted by molar-refractivity contribution is 9.10. The van der Waals surface area contributed by atoms with Crippen LogP contribution in [0.1, 0.15) is 5.56 Å². The van der Waals surface area contributed by atoms with Crippen molar-refractivity contribution in [1.29, 1.82) is 0 Å². The van der Waals surface area contributed by atoms with Gasteiger partial charge in [0.2, 0.25) is 0 Å². The van der Waals surface area contributed by atoms with Gasteiger partial charge in [0.25, 0.3) is 0 Å². The molecule has 0 bridgehead atoms. The number of nitrogens with zero attached hydrogens (tertiary/aromatic N) is 1. The first kappa shape index (κ1) is 12.0. The maximum atomic E-state index is 13.1. The van der Waals surface area contributed by atoms with E-state index in [9.17, 15) is 14.6 Å². The van der Waals surface area contributed by atoms with Gasteiger partial charge in [-0.3, -0.25) is 4.90 Å². The van der Waals surface area contributed by atoms with Crippen LogP contribution in [0.4, 0.5) is 4.39 Å². The van der Waals surface area contributed by atoms with Gasteiger partial charge in [-0.1, -0.05) is 15.9 Å². The van der Waals surface area contributed by atoms with Gasteiger partial charge in [-0.05, 0) is 23.8 Å². The lowest BCUT2D eigenvalue weighted by molar-refractivity contribution is 0.0572. The smallest absolute Gasteiger partial charge is 0.124 e. The highest BCUT2D eigenvalue weighted by atomic mass is 79.9. The van der Waals surface area contributed by atoms with Crippen molar-refractivity contribution in [2.45, 2.75) is 18.8 Å². The summed E-state index contributed by atoms with van der Waals surface area (Å²) < 4.78 is 13.8. The molecule has 1 heterocycles. The molecule has 16 heavy (non-hydrogen) atoms. The Morgan fingerprint density at radius 3 is 2.44 bits per heavy atom. The van der Waals surface area contributed by atoms with Crippen molar-refractivity contribution >= 4 is 15.9 Å². The van der Waals surface area contributed by atoms with Crippen molar-refractivity contribution in [2.24, 2.45) is 0 Å². The van der Waals surface area contributed by atoms with Gasteiger partial charge in [0.15, 0.2) is 0 Å². The predicted octanol–water partition coefficient (Wildman–Crippen LogP) is 1.13. The molecule has 1 aromatic rings. The summed E-state index contributed by atoms with van der Waals surface area (Å²) in [5, 5.41) is 18.8. The zero-order valence-electron chi connectivity index (χ0n) is 8.61. The Hall–Kier alpha value is -0.490. The lowest BCUT2D eigenvalue weighted by atomic mass is 10.2. The quantitative estimate of drug-likeness (QED) is 0.858. The van der Waals surface area contributed by atoms with E-state index in [2.05, 4.69) is 15.9 Å². The molecule has 0 unspecified atom stereocenters. The number of hydrogen-bond acceptors (Lipinski definition) is 3. The molecule has 2 N–H and O–H groups in total. The van der Waals surface area contributed by atoms with Gasteiger partial charge in [-0.15, -0.1) is 0 Å². The number of hydrogen-bond donors (Lipinski definition) is 2. The molecule has 1 aliphatic rings. The van der Waals surface area contributed by atoms with E-state index in [1.165, 1.54) is 12.1 Å². The largest absolute Gasteiger partial charge is 0.389 e. The van der Waals surface area contributed by atoms with E-state index in [1.807, 2.05) is 11.0 Å². The minimum absolute atomic E-state index is 0.287. The van der Waals surface area contributed by atoms with Crippen LogP contribution in [0.2, 0.25) is 0 Å². The van der Waals surface area contributed by atoms with Gasteiger partial charge in [0, 0.05) is 24.1 Å². The number of β-amino-alcohol motifs (C(OH)–C–C–N with tert-alkyl or cyclic N) is 2. The molecular weight excluding hydrogens is 277 g/mol. The molecule has 1 aromatic carbocycles. The third kappa shape index (κ3) is 2.79.